The highest BCUT2D eigenvalue weighted by Crippen LogP contribution is 2.23. The Morgan fingerprint density at radius 1 is 0.852 bits per heavy atom. The van der Waals surface area contributed by atoms with E-state index in [4.69, 9.17) is 4.74 Å². The Balaban J connectivity index is 1.39. The standard InChI is InChI=1S/C18H22N6O3/c25-24(26)16-3-1-15(2-4-16)21-5-7-22(8-6-21)17-13-18(20-14-19-17)23-9-11-27-12-10-23/h1-4,13-14H,5-12H2. The van der Waals surface area contributed by atoms with E-state index in [1.54, 1.807) is 18.5 Å². The summed E-state index contributed by atoms with van der Waals surface area (Å²) in [4.78, 5) is 26.0. The molecular weight excluding hydrogens is 348 g/mol. The fourth-order valence-corrected chi connectivity index (χ4v) is 3.45. The van der Waals surface area contributed by atoms with Crippen LogP contribution in [0.25, 0.3) is 0 Å². The first-order chi connectivity index (χ1) is 13.2. The number of nitro groups is 1. The number of nitro benzene ring substituents is 1. The molecule has 27 heavy (non-hydrogen) atoms. The lowest BCUT2D eigenvalue weighted by molar-refractivity contribution is -0.384. The first kappa shape index (κ1) is 17.5. The van der Waals surface area contributed by atoms with Crippen molar-refractivity contribution in [3.8, 4) is 0 Å². The van der Waals surface area contributed by atoms with Gasteiger partial charge in [-0.25, -0.2) is 9.97 Å². The van der Waals surface area contributed by atoms with Crippen LogP contribution in [0.2, 0.25) is 0 Å². The van der Waals surface area contributed by atoms with Crippen LogP contribution in [-0.2, 0) is 4.74 Å². The molecule has 0 atom stereocenters. The van der Waals surface area contributed by atoms with Gasteiger partial charge in [0.1, 0.15) is 18.0 Å². The van der Waals surface area contributed by atoms with Crippen LogP contribution < -0.4 is 14.7 Å². The van der Waals surface area contributed by atoms with Crippen LogP contribution in [0, 0.1) is 10.1 Å². The van der Waals surface area contributed by atoms with Crippen LogP contribution in [0.1, 0.15) is 0 Å². The summed E-state index contributed by atoms with van der Waals surface area (Å²) in [6, 6.07) is 8.79. The molecule has 1 aromatic heterocycles. The predicted octanol–water partition coefficient (Wildman–Crippen LogP) is 1.55. The van der Waals surface area contributed by atoms with Crippen molar-refractivity contribution in [1.82, 2.24) is 9.97 Å². The van der Waals surface area contributed by atoms with Crippen molar-refractivity contribution in [2.24, 2.45) is 0 Å². The number of benzene rings is 1. The van der Waals surface area contributed by atoms with Gasteiger partial charge in [0.25, 0.3) is 5.69 Å². The van der Waals surface area contributed by atoms with Crippen LogP contribution in [0.4, 0.5) is 23.0 Å². The number of piperazine rings is 1. The minimum absolute atomic E-state index is 0.119. The van der Waals surface area contributed by atoms with Gasteiger partial charge >= 0.3 is 0 Å². The first-order valence-corrected chi connectivity index (χ1v) is 9.10. The molecule has 0 radical (unpaired) electrons. The Morgan fingerprint density at radius 2 is 1.41 bits per heavy atom. The molecule has 0 spiro atoms. The summed E-state index contributed by atoms with van der Waals surface area (Å²) in [6.45, 7) is 6.53. The Morgan fingerprint density at radius 3 is 2.00 bits per heavy atom. The van der Waals surface area contributed by atoms with Crippen molar-refractivity contribution in [2.45, 2.75) is 0 Å². The smallest absolute Gasteiger partial charge is 0.269 e. The molecule has 0 aliphatic carbocycles. The van der Waals surface area contributed by atoms with Crippen LogP contribution >= 0.6 is 0 Å². The van der Waals surface area contributed by atoms with Gasteiger partial charge in [0.05, 0.1) is 18.1 Å². The van der Waals surface area contributed by atoms with Crippen LogP contribution in [0.15, 0.2) is 36.7 Å². The molecule has 1 aromatic carbocycles. The van der Waals surface area contributed by atoms with Gasteiger partial charge in [0.15, 0.2) is 0 Å². The minimum atomic E-state index is -0.372. The number of morpholine rings is 1. The maximum absolute atomic E-state index is 10.8. The normalized spacial score (nSPS) is 17.9. The maximum Gasteiger partial charge on any atom is 0.269 e. The second kappa shape index (κ2) is 7.75. The van der Waals surface area contributed by atoms with Crippen molar-refractivity contribution in [3.05, 3.63) is 46.8 Å². The third-order valence-corrected chi connectivity index (χ3v) is 5.00. The van der Waals surface area contributed by atoms with Gasteiger partial charge in [-0.3, -0.25) is 10.1 Å². The number of rotatable bonds is 4. The van der Waals surface area contributed by atoms with E-state index in [2.05, 4.69) is 24.7 Å². The average molecular weight is 370 g/mol. The first-order valence-electron chi connectivity index (χ1n) is 9.10. The molecule has 0 unspecified atom stereocenters. The Labute approximate surface area is 157 Å². The van der Waals surface area contributed by atoms with E-state index in [1.165, 1.54) is 0 Å². The summed E-state index contributed by atoms with van der Waals surface area (Å²) in [5, 5.41) is 10.8. The van der Waals surface area contributed by atoms with Crippen LogP contribution in [0.3, 0.4) is 0 Å². The Hall–Kier alpha value is -2.94. The summed E-state index contributed by atoms with van der Waals surface area (Å²) in [7, 11) is 0. The summed E-state index contributed by atoms with van der Waals surface area (Å²) in [5.41, 5.74) is 1.13. The van der Waals surface area contributed by atoms with Crippen molar-refractivity contribution in [1.29, 1.82) is 0 Å². The molecule has 3 heterocycles. The molecule has 2 fully saturated rings. The molecule has 2 aromatic rings. The van der Waals surface area contributed by atoms with Crippen LogP contribution in [0.5, 0.6) is 0 Å². The fourth-order valence-electron chi connectivity index (χ4n) is 3.45. The second-order valence-electron chi connectivity index (χ2n) is 6.58. The molecule has 2 aliphatic heterocycles. The van der Waals surface area contributed by atoms with E-state index >= 15 is 0 Å². The lowest BCUT2D eigenvalue weighted by Gasteiger charge is -2.37. The number of hydrogen-bond acceptors (Lipinski definition) is 8. The molecule has 9 nitrogen and oxygen atoms in total. The number of hydrogen-bond donors (Lipinski definition) is 0. The van der Waals surface area contributed by atoms with Gasteiger partial charge in [-0.05, 0) is 12.1 Å². The highest BCUT2D eigenvalue weighted by Gasteiger charge is 2.20. The number of nitrogens with zero attached hydrogens (tertiary/aromatic N) is 6. The number of non-ortho nitro benzene ring substituents is 1. The van der Waals surface area contributed by atoms with Crippen molar-refractivity contribution >= 4 is 23.0 Å². The van der Waals surface area contributed by atoms with Gasteiger partial charge < -0.3 is 19.4 Å². The molecule has 2 saturated heterocycles. The summed E-state index contributed by atoms with van der Waals surface area (Å²) < 4.78 is 5.40. The van der Waals surface area contributed by atoms with E-state index in [9.17, 15) is 10.1 Å². The zero-order chi connectivity index (χ0) is 18.6. The van der Waals surface area contributed by atoms with E-state index in [0.717, 1.165) is 69.8 Å². The molecule has 9 heteroatoms. The maximum atomic E-state index is 10.8. The predicted molar refractivity (Wildman–Crippen MR) is 103 cm³/mol. The van der Waals surface area contributed by atoms with Gasteiger partial charge in [-0.15, -0.1) is 0 Å². The molecule has 142 valence electrons. The molecule has 0 amide bonds. The summed E-state index contributed by atoms with van der Waals surface area (Å²) >= 11 is 0. The number of aromatic nitrogens is 2. The highest BCUT2D eigenvalue weighted by molar-refractivity contribution is 5.54. The Bertz CT molecular complexity index is 786. The van der Waals surface area contributed by atoms with E-state index in [1.807, 2.05) is 18.2 Å². The molecule has 2 aliphatic rings. The largest absolute Gasteiger partial charge is 0.378 e. The number of ether oxygens (including phenoxy) is 1. The van der Waals surface area contributed by atoms with Crippen molar-refractivity contribution in [2.75, 3.05) is 67.2 Å². The molecule has 0 bridgehead atoms. The molecule has 4 rings (SSSR count). The van der Waals surface area contributed by atoms with Gasteiger partial charge in [-0.1, -0.05) is 0 Å². The zero-order valence-corrected chi connectivity index (χ0v) is 15.0. The monoisotopic (exact) mass is 370 g/mol. The van der Waals surface area contributed by atoms with Gasteiger partial charge in [-0.2, -0.15) is 0 Å². The third kappa shape index (κ3) is 3.92. The van der Waals surface area contributed by atoms with E-state index < -0.39 is 0 Å². The minimum Gasteiger partial charge on any atom is -0.378 e. The van der Waals surface area contributed by atoms with E-state index in [-0.39, 0.29) is 10.6 Å². The lowest BCUT2D eigenvalue weighted by Crippen LogP contribution is -2.47. The zero-order valence-electron chi connectivity index (χ0n) is 15.0. The van der Waals surface area contributed by atoms with Crippen molar-refractivity contribution in [3.63, 3.8) is 0 Å². The summed E-state index contributed by atoms with van der Waals surface area (Å²) in [6.07, 6.45) is 1.63. The van der Waals surface area contributed by atoms with Gasteiger partial charge in [0.2, 0.25) is 0 Å². The lowest BCUT2D eigenvalue weighted by atomic mass is 10.2. The Kier molecular flexibility index (Phi) is 5.01. The van der Waals surface area contributed by atoms with Crippen LogP contribution in [-0.4, -0.2) is 67.4 Å². The summed E-state index contributed by atoms with van der Waals surface area (Å²) in [5.74, 6) is 1.89. The SMILES string of the molecule is O=[N+]([O-])c1ccc(N2CCN(c3cc(N4CCOCC4)ncn3)CC2)cc1. The second-order valence-corrected chi connectivity index (χ2v) is 6.58. The fraction of sp³-hybridized carbons (Fsp3) is 0.444. The molecular formula is C18H22N6O3. The topological polar surface area (TPSA) is 87.9 Å². The van der Waals surface area contributed by atoms with E-state index in [0.29, 0.717) is 0 Å². The van der Waals surface area contributed by atoms with Gasteiger partial charge in [0, 0.05) is 63.2 Å². The molecule has 0 N–H and O–H groups in total. The highest BCUT2D eigenvalue weighted by atomic mass is 16.6. The quantitative estimate of drug-likeness (QED) is 0.592. The molecule has 0 saturated carbocycles. The van der Waals surface area contributed by atoms with Crippen molar-refractivity contribution < 1.29 is 9.66 Å². The average Bonchev–Trinajstić information content (AvgIpc) is 2.75. The third-order valence-electron chi connectivity index (χ3n) is 5.00. The number of anilines is 3.